The molecule has 2 heterocycles. The van der Waals surface area contributed by atoms with E-state index >= 15 is 0 Å². The molecule has 0 atom stereocenters. The molecule has 0 spiro atoms. The van der Waals surface area contributed by atoms with Crippen molar-refractivity contribution in [3.63, 3.8) is 0 Å². The van der Waals surface area contributed by atoms with Crippen molar-refractivity contribution in [3.8, 4) is 17.1 Å². The van der Waals surface area contributed by atoms with Crippen molar-refractivity contribution in [3.05, 3.63) is 59.6 Å². The van der Waals surface area contributed by atoms with Crippen molar-refractivity contribution in [1.29, 1.82) is 0 Å². The summed E-state index contributed by atoms with van der Waals surface area (Å²) in [6.07, 6.45) is 1.23. The third-order valence-electron chi connectivity index (χ3n) is 5.59. The highest BCUT2D eigenvalue weighted by atomic mass is 35.5. The number of nitrogens with zero attached hydrogens (tertiary/aromatic N) is 5. The quantitative estimate of drug-likeness (QED) is 0.373. The molecule has 2 amide bonds. The molecule has 1 aliphatic rings. The molecule has 0 aliphatic carbocycles. The number of carbonyl (C=O) groups excluding carboxylic acids is 2. The second kappa shape index (κ2) is 10.9. The maximum Gasteiger partial charge on any atom is 0.222 e. The molecule has 0 N–H and O–H groups in total. The fraction of sp³-hybridized carbons (Fsp3) is 0.333. The van der Waals surface area contributed by atoms with Gasteiger partial charge in [0, 0.05) is 61.5 Å². The number of hydrogen-bond acceptors (Lipinski definition) is 5. The van der Waals surface area contributed by atoms with Gasteiger partial charge in [-0.3, -0.25) is 14.2 Å². The smallest absolute Gasteiger partial charge is 0.222 e. The minimum absolute atomic E-state index is 0.0685. The van der Waals surface area contributed by atoms with Crippen LogP contribution in [0, 0.1) is 0 Å². The van der Waals surface area contributed by atoms with Crippen LogP contribution < -0.4 is 0 Å². The van der Waals surface area contributed by atoms with E-state index in [0.29, 0.717) is 37.6 Å². The number of piperazine rings is 1. The Hall–Kier alpha value is -2.84. The average Bonchev–Trinajstić information content (AvgIpc) is 3.26. The van der Waals surface area contributed by atoms with Gasteiger partial charge in [0.05, 0.1) is 0 Å². The predicted molar refractivity (Wildman–Crippen MR) is 131 cm³/mol. The normalized spacial score (nSPS) is 13.9. The largest absolute Gasteiger partial charge is 0.339 e. The standard InChI is InChI=1S/C24H26ClN5O2S/c1-18(31)28-13-15-29(16-14-28)22(32)8-5-17-33-24-27-26-23(19-9-11-20(25)12-10-19)30(24)21-6-3-2-4-7-21/h2-4,6-7,9-12H,5,8,13-17H2,1H3. The Morgan fingerprint density at radius 3 is 2.27 bits per heavy atom. The van der Waals surface area contributed by atoms with Gasteiger partial charge in [-0.1, -0.05) is 41.6 Å². The number of hydrogen-bond donors (Lipinski definition) is 0. The van der Waals surface area contributed by atoms with E-state index in [1.165, 1.54) is 0 Å². The second-order valence-corrected chi connectivity index (χ2v) is 9.32. The summed E-state index contributed by atoms with van der Waals surface area (Å²) >= 11 is 7.65. The minimum atomic E-state index is 0.0685. The van der Waals surface area contributed by atoms with E-state index in [0.717, 1.165) is 34.4 Å². The molecule has 0 saturated carbocycles. The van der Waals surface area contributed by atoms with E-state index in [-0.39, 0.29) is 11.8 Å². The SMILES string of the molecule is CC(=O)N1CCN(C(=O)CCCSc2nnc(-c3ccc(Cl)cc3)n2-c2ccccc2)CC1. The fourth-order valence-corrected chi connectivity index (χ4v) is 4.79. The molecule has 4 rings (SSSR count). The van der Waals surface area contributed by atoms with Crippen molar-refractivity contribution >= 4 is 35.2 Å². The van der Waals surface area contributed by atoms with E-state index in [4.69, 9.17) is 11.6 Å². The Morgan fingerprint density at radius 1 is 0.939 bits per heavy atom. The topological polar surface area (TPSA) is 71.3 Å². The molecule has 2 aromatic carbocycles. The van der Waals surface area contributed by atoms with Crippen LogP contribution in [0.3, 0.4) is 0 Å². The number of rotatable bonds is 7. The Morgan fingerprint density at radius 2 is 1.61 bits per heavy atom. The molecule has 1 fully saturated rings. The third kappa shape index (κ3) is 5.75. The van der Waals surface area contributed by atoms with Crippen molar-refractivity contribution in [2.24, 2.45) is 0 Å². The fourth-order valence-electron chi connectivity index (χ4n) is 3.77. The molecular formula is C24H26ClN5O2S. The first kappa shape index (κ1) is 23.3. The van der Waals surface area contributed by atoms with Gasteiger partial charge in [-0.05, 0) is 42.8 Å². The van der Waals surface area contributed by atoms with Gasteiger partial charge in [0.25, 0.3) is 0 Å². The zero-order valence-electron chi connectivity index (χ0n) is 18.5. The number of para-hydroxylation sites is 1. The van der Waals surface area contributed by atoms with Gasteiger partial charge in [0.1, 0.15) is 0 Å². The van der Waals surface area contributed by atoms with Crippen LogP contribution in [-0.4, -0.2) is 68.3 Å². The Bertz CT molecular complexity index is 1100. The molecule has 33 heavy (non-hydrogen) atoms. The number of halogens is 1. The molecule has 172 valence electrons. The lowest BCUT2D eigenvalue weighted by Crippen LogP contribution is -2.50. The van der Waals surface area contributed by atoms with E-state index in [9.17, 15) is 9.59 Å². The first-order valence-corrected chi connectivity index (χ1v) is 12.3. The summed E-state index contributed by atoms with van der Waals surface area (Å²) in [5.41, 5.74) is 1.91. The van der Waals surface area contributed by atoms with Crippen LogP contribution in [0.5, 0.6) is 0 Å². The molecule has 3 aromatic rings. The van der Waals surface area contributed by atoms with Crippen LogP contribution in [0.2, 0.25) is 5.02 Å². The number of aromatic nitrogens is 3. The molecule has 7 nitrogen and oxygen atoms in total. The lowest BCUT2D eigenvalue weighted by molar-refractivity contribution is -0.138. The lowest BCUT2D eigenvalue weighted by atomic mass is 10.2. The van der Waals surface area contributed by atoms with Gasteiger partial charge in [0.15, 0.2) is 11.0 Å². The lowest BCUT2D eigenvalue weighted by Gasteiger charge is -2.34. The summed E-state index contributed by atoms with van der Waals surface area (Å²) in [7, 11) is 0. The van der Waals surface area contributed by atoms with Crippen LogP contribution in [-0.2, 0) is 9.59 Å². The molecule has 0 unspecified atom stereocenters. The van der Waals surface area contributed by atoms with Crippen LogP contribution in [0.1, 0.15) is 19.8 Å². The first-order valence-electron chi connectivity index (χ1n) is 11.0. The average molecular weight is 484 g/mol. The summed E-state index contributed by atoms with van der Waals surface area (Å²) < 4.78 is 2.04. The summed E-state index contributed by atoms with van der Waals surface area (Å²) in [4.78, 5) is 27.7. The van der Waals surface area contributed by atoms with E-state index in [1.807, 2.05) is 64.1 Å². The van der Waals surface area contributed by atoms with E-state index in [2.05, 4.69) is 10.2 Å². The van der Waals surface area contributed by atoms with Crippen LogP contribution in [0.15, 0.2) is 59.8 Å². The molecule has 9 heteroatoms. The monoisotopic (exact) mass is 483 g/mol. The van der Waals surface area contributed by atoms with E-state index in [1.54, 1.807) is 23.6 Å². The van der Waals surface area contributed by atoms with Gasteiger partial charge in [-0.2, -0.15) is 0 Å². The van der Waals surface area contributed by atoms with Crippen molar-refractivity contribution in [2.45, 2.75) is 24.9 Å². The Labute approximate surface area is 202 Å². The number of thioether (sulfide) groups is 1. The molecular weight excluding hydrogens is 458 g/mol. The van der Waals surface area contributed by atoms with Crippen LogP contribution in [0.4, 0.5) is 0 Å². The van der Waals surface area contributed by atoms with E-state index < -0.39 is 0 Å². The molecule has 1 aromatic heterocycles. The summed E-state index contributed by atoms with van der Waals surface area (Å²) in [5.74, 6) is 1.72. The predicted octanol–water partition coefficient (Wildman–Crippen LogP) is 4.15. The van der Waals surface area contributed by atoms with Crippen molar-refractivity contribution in [2.75, 3.05) is 31.9 Å². The number of benzene rings is 2. The molecule has 0 bridgehead atoms. The zero-order valence-corrected chi connectivity index (χ0v) is 20.1. The molecule has 1 saturated heterocycles. The highest BCUT2D eigenvalue weighted by Crippen LogP contribution is 2.29. The van der Waals surface area contributed by atoms with Crippen molar-refractivity contribution < 1.29 is 9.59 Å². The minimum Gasteiger partial charge on any atom is -0.339 e. The van der Waals surface area contributed by atoms with Gasteiger partial charge in [0.2, 0.25) is 11.8 Å². The van der Waals surface area contributed by atoms with Gasteiger partial charge in [-0.25, -0.2) is 0 Å². The molecule has 1 aliphatic heterocycles. The van der Waals surface area contributed by atoms with Crippen molar-refractivity contribution in [1.82, 2.24) is 24.6 Å². The van der Waals surface area contributed by atoms with Crippen LogP contribution >= 0.6 is 23.4 Å². The summed E-state index contributed by atoms with van der Waals surface area (Å²) in [5, 5.41) is 10.3. The Kier molecular flexibility index (Phi) is 7.67. The second-order valence-electron chi connectivity index (χ2n) is 7.82. The number of carbonyl (C=O) groups is 2. The number of amides is 2. The maximum absolute atomic E-state index is 12.6. The maximum atomic E-state index is 12.6. The molecule has 0 radical (unpaired) electrons. The summed E-state index contributed by atoms with van der Waals surface area (Å²) in [6, 6.07) is 17.6. The van der Waals surface area contributed by atoms with Gasteiger partial charge in [-0.15, -0.1) is 10.2 Å². The first-order chi connectivity index (χ1) is 16.0. The van der Waals surface area contributed by atoms with Gasteiger partial charge < -0.3 is 9.80 Å². The highest BCUT2D eigenvalue weighted by Gasteiger charge is 2.22. The van der Waals surface area contributed by atoms with Crippen LogP contribution in [0.25, 0.3) is 17.1 Å². The van der Waals surface area contributed by atoms with Gasteiger partial charge >= 0.3 is 0 Å². The highest BCUT2D eigenvalue weighted by molar-refractivity contribution is 7.99. The summed E-state index contributed by atoms with van der Waals surface area (Å²) in [6.45, 7) is 4.02. The zero-order chi connectivity index (χ0) is 23.2. The Balaban J connectivity index is 1.39. The third-order valence-corrected chi connectivity index (χ3v) is 6.86.